The summed E-state index contributed by atoms with van der Waals surface area (Å²) in [4.78, 5) is 24.6. The Morgan fingerprint density at radius 1 is 1.48 bits per heavy atom. The number of aromatic nitrogens is 2. The molecule has 134 valence electrons. The molecule has 4 N–H and O–H groups in total. The molecule has 1 unspecified atom stereocenters. The Morgan fingerprint density at radius 3 is 2.92 bits per heavy atom. The lowest BCUT2D eigenvalue weighted by Crippen LogP contribution is -2.37. The zero-order valence-electron chi connectivity index (χ0n) is 12.7. The molecule has 0 radical (unpaired) electrons. The van der Waals surface area contributed by atoms with E-state index in [1.165, 1.54) is 23.6 Å². The average molecular weight is 388 g/mol. The van der Waals surface area contributed by atoms with Crippen molar-refractivity contribution in [1.29, 1.82) is 0 Å². The zero-order valence-corrected chi connectivity index (χ0v) is 14.4. The van der Waals surface area contributed by atoms with Crippen LogP contribution in [0.2, 0.25) is 0 Å². The molecular formula is C13H15N3O7PS+. The molecule has 1 aliphatic rings. The minimum Gasteiger partial charge on any atom is -0.490 e. The van der Waals surface area contributed by atoms with E-state index in [-0.39, 0.29) is 12.4 Å². The Labute approximate surface area is 146 Å². The minimum atomic E-state index is -2.99. The van der Waals surface area contributed by atoms with E-state index in [9.17, 15) is 14.5 Å². The lowest BCUT2D eigenvalue weighted by Gasteiger charge is -2.16. The van der Waals surface area contributed by atoms with Crippen molar-refractivity contribution >= 4 is 25.4 Å². The molecule has 2 aromatic heterocycles. The number of ether oxygens (including phenoxy) is 2. The van der Waals surface area contributed by atoms with Crippen LogP contribution in [0.1, 0.15) is 6.23 Å². The van der Waals surface area contributed by atoms with Gasteiger partial charge in [0, 0.05) is 16.1 Å². The van der Waals surface area contributed by atoms with Crippen LogP contribution in [-0.2, 0) is 13.8 Å². The molecule has 0 spiro atoms. The van der Waals surface area contributed by atoms with E-state index in [0.29, 0.717) is 5.75 Å². The number of hydrogen-bond donors (Lipinski definition) is 3. The maximum atomic E-state index is 12.0. The predicted molar refractivity (Wildman–Crippen MR) is 87.3 cm³/mol. The highest BCUT2D eigenvalue weighted by Crippen LogP contribution is 2.35. The summed E-state index contributed by atoms with van der Waals surface area (Å²) in [6.45, 7) is -0.0463. The van der Waals surface area contributed by atoms with Gasteiger partial charge in [-0.3, -0.25) is 4.57 Å². The van der Waals surface area contributed by atoms with Crippen molar-refractivity contribution < 1.29 is 28.6 Å². The van der Waals surface area contributed by atoms with Gasteiger partial charge in [-0.2, -0.15) is 4.98 Å². The van der Waals surface area contributed by atoms with Crippen LogP contribution in [0.3, 0.4) is 0 Å². The van der Waals surface area contributed by atoms with Crippen molar-refractivity contribution in [3.8, 4) is 5.75 Å². The van der Waals surface area contributed by atoms with Gasteiger partial charge in [-0.25, -0.2) is 4.79 Å². The number of thiophene rings is 1. The fourth-order valence-electron chi connectivity index (χ4n) is 2.45. The Hall–Kier alpha value is -1.88. The van der Waals surface area contributed by atoms with Gasteiger partial charge in [-0.05, 0) is 17.5 Å². The second-order valence-corrected chi connectivity index (χ2v) is 6.64. The number of anilines is 1. The summed E-state index contributed by atoms with van der Waals surface area (Å²) in [5, 5.41) is 14.0. The third kappa shape index (κ3) is 4.03. The van der Waals surface area contributed by atoms with Crippen LogP contribution in [0, 0.1) is 0 Å². The quantitative estimate of drug-likeness (QED) is 0.593. The molecule has 0 aliphatic carbocycles. The largest absolute Gasteiger partial charge is 0.695 e. The van der Waals surface area contributed by atoms with Gasteiger partial charge < -0.3 is 20.3 Å². The van der Waals surface area contributed by atoms with Crippen molar-refractivity contribution in [3.05, 3.63) is 39.6 Å². The first kappa shape index (κ1) is 17.9. The summed E-state index contributed by atoms with van der Waals surface area (Å²) in [5.41, 5.74) is 4.71. The van der Waals surface area contributed by atoms with Crippen molar-refractivity contribution in [2.24, 2.45) is 0 Å². The number of aliphatic hydroxyl groups excluding tert-OH is 1. The first-order chi connectivity index (χ1) is 12.0. The first-order valence-corrected chi connectivity index (χ1v) is 9.19. The summed E-state index contributed by atoms with van der Waals surface area (Å²) in [6, 6.07) is 3.11. The van der Waals surface area contributed by atoms with Gasteiger partial charge in [0.2, 0.25) is 0 Å². The van der Waals surface area contributed by atoms with Crippen LogP contribution in [0.15, 0.2) is 33.9 Å². The minimum absolute atomic E-state index is 0.0253. The average Bonchev–Trinajstić information content (AvgIpc) is 3.16. The number of nitrogens with two attached hydrogens (primary N) is 1. The van der Waals surface area contributed by atoms with Gasteiger partial charge in [-0.1, -0.05) is 0 Å². The normalized spacial score (nSPS) is 26.6. The van der Waals surface area contributed by atoms with E-state index >= 15 is 0 Å². The predicted octanol–water partition coefficient (Wildman–Crippen LogP) is 0.259. The van der Waals surface area contributed by atoms with Crippen molar-refractivity contribution in [2.45, 2.75) is 24.5 Å². The van der Waals surface area contributed by atoms with Crippen LogP contribution in [0.25, 0.3) is 0 Å². The smallest absolute Gasteiger partial charge is 0.490 e. The molecular weight excluding hydrogens is 373 g/mol. The van der Waals surface area contributed by atoms with Gasteiger partial charge in [0.05, 0.1) is 0 Å². The molecule has 2 aromatic rings. The SMILES string of the molecule is Nc1ccn([C@@H]2O[C@H](COc3ccsc3)[C@@H](O[P+](=O)O)[C@H]2O)c(=O)n1. The molecule has 0 saturated carbocycles. The van der Waals surface area contributed by atoms with Crippen LogP contribution in [0.4, 0.5) is 5.82 Å². The van der Waals surface area contributed by atoms with Crippen LogP contribution >= 0.6 is 19.6 Å². The molecule has 1 aliphatic heterocycles. The van der Waals surface area contributed by atoms with Gasteiger partial charge in [-0.15, -0.1) is 20.8 Å². The molecule has 1 saturated heterocycles. The lowest BCUT2D eigenvalue weighted by atomic mass is 10.1. The third-order valence-electron chi connectivity index (χ3n) is 3.56. The fourth-order valence-corrected chi connectivity index (χ4v) is 3.49. The molecule has 0 bridgehead atoms. The molecule has 5 atom stereocenters. The lowest BCUT2D eigenvalue weighted by molar-refractivity contribution is -0.0510. The molecule has 12 heteroatoms. The molecule has 1 fully saturated rings. The van der Waals surface area contributed by atoms with Crippen molar-refractivity contribution in [2.75, 3.05) is 12.3 Å². The maximum absolute atomic E-state index is 12.0. The molecule has 0 aromatic carbocycles. The summed E-state index contributed by atoms with van der Waals surface area (Å²) >= 11 is 1.44. The first-order valence-electron chi connectivity index (χ1n) is 7.12. The highest BCUT2D eigenvalue weighted by atomic mass is 32.1. The zero-order chi connectivity index (χ0) is 18.0. The summed E-state index contributed by atoms with van der Waals surface area (Å²) in [5.74, 6) is 0.613. The Morgan fingerprint density at radius 2 is 2.28 bits per heavy atom. The van der Waals surface area contributed by atoms with Crippen LogP contribution in [0.5, 0.6) is 5.75 Å². The highest BCUT2D eigenvalue weighted by molar-refractivity contribution is 7.32. The number of aliphatic hydroxyl groups is 1. The molecule has 10 nitrogen and oxygen atoms in total. The Balaban J connectivity index is 1.81. The second-order valence-electron chi connectivity index (χ2n) is 5.18. The van der Waals surface area contributed by atoms with E-state index < -0.39 is 38.5 Å². The molecule has 3 heterocycles. The standard InChI is InChI=1S/C13H14N3O7PS/c14-9-1-3-16(13(18)15-9)12-10(17)11(23-24(19)20)8(22-12)5-21-7-2-4-25-6-7/h1-4,6,8,10-12,17H,5H2,(H2-,14,15,18,19,20)/p+1/t8-,10-,11-,12-/m1/s1. The number of nitrogens with zero attached hydrogens (tertiary/aromatic N) is 2. The van der Waals surface area contributed by atoms with Crippen LogP contribution in [-0.4, -0.2) is 44.5 Å². The monoisotopic (exact) mass is 388 g/mol. The Bertz CT molecular complexity index is 799. The molecule has 3 rings (SSSR count). The highest BCUT2D eigenvalue weighted by Gasteiger charge is 2.50. The van der Waals surface area contributed by atoms with E-state index in [1.54, 1.807) is 11.4 Å². The van der Waals surface area contributed by atoms with E-state index in [1.807, 2.05) is 5.38 Å². The number of nitrogen functional groups attached to an aromatic ring is 1. The van der Waals surface area contributed by atoms with Gasteiger partial charge in [0.1, 0.15) is 30.4 Å². The van der Waals surface area contributed by atoms with E-state index in [2.05, 4.69) is 4.98 Å². The van der Waals surface area contributed by atoms with Gasteiger partial charge >= 0.3 is 13.9 Å². The van der Waals surface area contributed by atoms with E-state index in [4.69, 9.17) is 24.6 Å². The topological polar surface area (TPSA) is 146 Å². The number of rotatable bonds is 6. The summed E-state index contributed by atoms with van der Waals surface area (Å²) < 4.78 is 28.1. The molecule has 0 amide bonds. The van der Waals surface area contributed by atoms with Crippen LogP contribution < -0.4 is 16.2 Å². The third-order valence-corrected chi connectivity index (χ3v) is 4.64. The van der Waals surface area contributed by atoms with Crippen molar-refractivity contribution in [1.82, 2.24) is 9.55 Å². The summed E-state index contributed by atoms with van der Waals surface area (Å²) in [7, 11) is -2.99. The Kier molecular flexibility index (Phi) is 5.42. The summed E-state index contributed by atoms with van der Waals surface area (Å²) in [6.07, 6.45) is -3.27. The van der Waals surface area contributed by atoms with Gasteiger partial charge in [0.25, 0.3) is 0 Å². The van der Waals surface area contributed by atoms with E-state index in [0.717, 1.165) is 4.57 Å². The van der Waals surface area contributed by atoms with Crippen molar-refractivity contribution in [3.63, 3.8) is 0 Å². The maximum Gasteiger partial charge on any atom is 0.695 e. The van der Waals surface area contributed by atoms with Gasteiger partial charge in [0.15, 0.2) is 12.3 Å². The number of hydrogen-bond acceptors (Lipinski definition) is 9. The molecule has 25 heavy (non-hydrogen) atoms. The second kappa shape index (κ2) is 7.56. The fraction of sp³-hybridized carbons (Fsp3) is 0.385.